The van der Waals surface area contributed by atoms with Crippen LogP contribution in [0.25, 0.3) is 21.8 Å². The number of anilines is 1. The third-order valence-electron chi connectivity index (χ3n) is 4.32. The summed E-state index contributed by atoms with van der Waals surface area (Å²) in [7, 11) is 0. The van der Waals surface area contributed by atoms with E-state index in [9.17, 15) is 8.78 Å². The van der Waals surface area contributed by atoms with Crippen LogP contribution in [-0.4, -0.2) is 15.0 Å². The zero-order valence-corrected chi connectivity index (χ0v) is 19.0. The molecule has 0 saturated heterocycles. The van der Waals surface area contributed by atoms with Crippen LogP contribution < -0.4 is 4.72 Å². The normalized spacial score (nSPS) is 11.2. The average molecular weight is 475 g/mol. The lowest BCUT2D eigenvalue weighted by molar-refractivity contribution is 0.541. The summed E-state index contributed by atoms with van der Waals surface area (Å²) in [6, 6.07) is 13.1. The van der Waals surface area contributed by atoms with Crippen molar-refractivity contribution in [2.75, 3.05) is 4.72 Å². The molecule has 0 spiro atoms. The molecule has 0 amide bonds. The predicted molar refractivity (Wildman–Crippen MR) is 124 cm³/mol. The van der Waals surface area contributed by atoms with Crippen molar-refractivity contribution in [3.05, 3.63) is 76.7 Å². The van der Waals surface area contributed by atoms with Gasteiger partial charge in [-0.1, -0.05) is 32.0 Å². The van der Waals surface area contributed by atoms with Crippen LogP contribution in [0, 0.1) is 11.6 Å². The van der Waals surface area contributed by atoms with E-state index in [0.29, 0.717) is 11.4 Å². The molecule has 0 atom stereocenters. The lowest BCUT2D eigenvalue weighted by Crippen LogP contribution is -1.93. The monoisotopic (exact) mass is 474 g/mol. The van der Waals surface area contributed by atoms with Gasteiger partial charge < -0.3 is 4.72 Å². The molecule has 0 radical (unpaired) electrons. The van der Waals surface area contributed by atoms with Gasteiger partial charge in [-0.3, -0.25) is 0 Å². The van der Waals surface area contributed by atoms with E-state index < -0.39 is 11.6 Å². The molecule has 1 N–H and O–H groups in total. The standard InChI is InChI=1S/C22H17ClF2N4S2/c1-12(2)21-28-18(20(30-21)17-9-10-26-22(23)27-17)13-5-3-6-14(11-13)29-31-19-15(24)7-4-8-16(19)25/h3-12,29H,1-2H3. The van der Waals surface area contributed by atoms with E-state index in [0.717, 1.165) is 33.1 Å². The van der Waals surface area contributed by atoms with Crippen molar-refractivity contribution in [1.82, 2.24) is 15.0 Å². The van der Waals surface area contributed by atoms with Gasteiger partial charge in [0.1, 0.15) is 11.6 Å². The first-order valence-electron chi connectivity index (χ1n) is 9.39. The van der Waals surface area contributed by atoms with E-state index in [1.165, 1.54) is 18.2 Å². The van der Waals surface area contributed by atoms with Gasteiger partial charge in [0, 0.05) is 23.4 Å². The number of benzene rings is 2. The maximum absolute atomic E-state index is 13.9. The van der Waals surface area contributed by atoms with Gasteiger partial charge in [0.25, 0.3) is 0 Å². The Labute approximate surface area is 191 Å². The highest BCUT2D eigenvalue weighted by Crippen LogP contribution is 2.39. The molecule has 0 aliphatic carbocycles. The van der Waals surface area contributed by atoms with Crippen LogP contribution in [0.15, 0.2) is 59.6 Å². The van der Waals surface area contributed by atoms with Gasteiger partial charge in [-0.15, -0.1) is 11.3 Å². The molecule has 2 heterocycles. The van der Waals surface area contributed by atoms with Crippen LogP contribution >= 0.6 is 34.9 Å². The molecular weight excluding hydrogens is 458 g/mol. The molecule has 2 aromatic carbocycles. The molecule has 31 heavy (non-hydrogen) atoms. The van der Waals surface area contributed by atoms with Crippen LogP contribution in [0.5, 0.6) is 0 Å². The molecule has 0 unspecified atom stereocenters. The molecule has 9 heteroatoms. The van der Waals surface area contributed by atoms with Gasteiger partial charge in [0.05, 0.1) is 26.2 Å². The van der Waals surface area contributed by atoms with Gasteiger partial charge in [0.2, 0.25) is 5.28 Å². The van der Waals surface area contributed by atoms with Crippen LogP contribution in [0.1, 0.15) is 24.8 Å². The van der Waals surface area contributed by atoms with E-state index >= 15 is 0 Å². The molecule has 0 bridgehead atoms. The second-order valence-electron chi connectivity index (χ2n) is 6.93. The van der Waals surface area contributed by atoms with E-state index in [-0.39, 0.29) is 16.1 Å². The molecule has 4 nitrogen and oxygen atoms in total. The van der Waals surface area contributed by atoms with Crippen molar-refractivity contribution in [3.8, 4) is 21.8 Å². The summed E-state index contributed by atoms with van der Waals surface area (Å²) in [5.74, 6) is -0.981. The van der Waals surface area contributed by atoms with Crippen molar-refractivity contribution < 1.29 is 8.78 Å². The minimum absolute atomic E-state index is 0.0834. The van der Waals surface area contributed by atoms with E-state index in [2.05, 4.69) is 28.5 Å². The van der Waals surface area contributed by atoms with Crippen LogP contribution in [0.3, 0.4) is 0 Å². The first-order valence-corrected chi connectivity index (χ1v) is 11.4. The Balaban J connectivity index is 1.69. The van der Waals surface area contributed by atoms with Gasteiger partial charge in [-0.05, 0) is 53.9 Å². The third-order valence-corrected chi connectivity index (χ3v) is 6.81. The Kier molecular flexibility index (Phi) is 6.50. The quantitative estimate of drug-likeness (QED) is 0.232. The Morgan fingerprint density at radius 1 is 1.03 bits per heavy atom. The second-order valence-corrected chi connectivity index (χ2v) is 9.12. The molecule has 0 aliphatic heterocycles. The van der Waals surface area contributed by atoms with Gasteiger partial charge in [-0.25, -0.2) is 23.7 Å². The van der Waals surface area contributed by atoms with Crippen molar-refractivity contribution in [2.24, 2.45) is 0 Å². The minimum atomic E-state index is -0.613. The number of hydrogen-bond donors (Lipinski definition) is 1. The predicted octanol–water partition coefficient (Wildman–Crippen LogP) is 7.44. The van der Waals surface area contributed by atoms with Crippen molar-refractivity contribution in [2.45, 2.75) is 24.7 Å². The fraction of sp³-hybridized carbons (Fsp3) is 0.136. The molecule has 158 valence electrons. The van der Waals surface area contributed by atoms with Gasteiger partial charge >= 0.3 is 0 Å². The summed E-state index contributed by atoms with van der Waals surface area (Å²) in [4.78, 5) is 13.9. The number of halogens is 3. The Morgan fingerprint density at radius 2 is 1.77 bits per heavy atom. The van der Waals surface area contributed by atoms with Crippen LogP contribution in [0.4, 0.5) is 14.5 Å². The molecular formula is C22H17ClF2N4S2. The fourth-order valence-corrected chi connectivity index (χ4v) is 4.72. The lowest BCUT2D eigenvalue weighted by atomic mass is 10.1. The Morgan fingerprint density at radius 3 is 2.48 bits per heavy atom. The number of nitrogens with one attached hydrogen (secondary N) is 1. The van der Waals surface area contributed by atoms with Crippen molar-refractivity contribution in [1.29, 1.82) is 0 Å². The Hall–Kier alpha value is -2.55. The average Bonchev–Trinajstić information content (AvgIpc) is 3.20. The number of nitrogens with zero attached hydrogens (tertiary/aromatic N) is 3. The summed E-state index contributed by atoms with van der Waals surface area (Å²) in [6.45, 7) is 4.16. The number of hydrogen-bond acceptors (Lipinski definition) is 6. The van der Waals surface area contributed by atoms with E-state index in [4.69, 9.17) is 16.6 Å². The first kappa shape index (κ1) is 21.7. The summed E-state index contributed by atoms with van der Waals surface area (Å²) >= 11 is 8.45. The van der Waals surface area contributed by atoms with Crippen LogP contribution in [-0.2, 0) is 0 Å². The maximum Gasteiger partial charge on any atom is 0.222 e. The summed E-state index contributed by atoms with van der Waals surface area (Å²) in [5, 5.41) is 1.14. The van der Waals surface area contributed by atoms with E-state index in [1.54, 1.807) is 23.6 Å². The topological polar surface area (TPSA) is 50.7 Å². The van der Waals surface area contributed by atoms with Gasteiger partial charge in [-0.2, -0.15) is 0 Å². The zero-order valence-electron chi connectivity index (χ0n) is 16.6. The maximum atomic E-state index is 13.9. The minimum Gasteiger partial charge on any atom is -0.325 e. The molecule has 2 aromatic heterocycles. The largest absolute Gasteiger partial charge is 0.325 e. The van der Waals surface area contributed by atoms with Crippen LogP contribution in [0.2, 0.25) is 5.28 Å². The highest BCUT2D eigenvalue weighted by molar-refractivity contribution is 8.00. The highest BCUT2D eigenvalue weighted by atomic mass is 35.5. The number of rotatable bonds is 6. The zero-order chi connectivity index (χ0) is 22.0. The third kappa shape index (κ3) is 4.87. The smallest absolute Gasteiger partial charge is 0.222 e. The first-order chi connectivity index (χ1) is 14.9. The number of aromatic nitrogens is 3. The second kappa shape index (κ2) is 9.30. The van der Waals surface area contributed by atoms with Gasteiger partial charge in [0.15, 0.2) is 0 Å². The lowest BCUT2D eigenvalue weighted by Gasteiger charge is -2.09. The fourth-order valence-electron chi connectivity index (χ4n) is 2.83. The van der Waals surface area contributed by atoms with Crippen molar-refractivity contribution >= 4 is 40.6 Å². The molecule has 4 aromatic rings. The highest BCUT2D eigenvalue weighted by Gasteiger charge is 2.18. The summed E-state index contributed by atoms with van der Waals surface area (Å²) in [5.41, 5.74) is 3.01. The molecule has 0 saturated carbocycles. The summed E-state index contributed by atoms with van der Waals surface area (Å²) < 4.78 is 30.8. The van der Waals surface area contributed by atoms with Crippen molar-refractivity contribution in [3.63, 3.8) is 0 Å². The summed E-state index contributed by atoms with van der Waals surface area (Å²) in [6.07, 6.45) is 1.61. The molecule has 4 rings (SSSR count). The molecule has 0 fully saturated rings. The number of thiazole rings is 1. The SMILES string of the molecule is CC(C)c1nc(-c2cccc(NSc3c(F)cccc3F)c2)c(-c2ccnc(Cl)n2)s1. The Bertz CT molecular complexity index is 1210. The molecule has 0 aliphatic rings. The van der Waals surface area contributed by atoms with E-state index in [1.807, 2.05) is 24.3 Å².